The molecular weight excluding hydrogens is 429 g/mol. The molecule has 0 aliphatic carbocycles. The Labute approximate surface area is 185 Å². The second kappa shape index (κ2) is 9.30. The van der Waals surface area contributed by atoms with Crippen LogP contribution >= 0.6 is 11.6 Å². The van der Waals surface area contributed by atoms with Crippen molar-refractivity contribution in [2.75, 3.05) is 0 Å². The molecule has 0 aliphatic rings. The molecule has 0 saturated carbocycles. The van der Waals surface area contributed by atoms with Crippen LogP contribution in [0.1, 0.15) is 51.4 Å². The number of halogens is 4. The highest BCUT2D eigenvalue weighted by atomic mass is 35.5. The SMILES string of the molecule is CC.Cc1nn(Cc2c(F)cccc2Cl)c2cc(C(F)(F)C(=O)OC(C)(C)C)ccc12. The molecule has 3 aromatic rings. The average Bonchev–Trinajstić information content (AvgIpc) is 3.00. The van der Waals surface area contributed by atoms with Crippen molar-refractivity contribution in [3.63, 3.8) is 0 Å². The third-order valence-electron chi connectivity index (χ3n) is 4.32. The van der Waals surface area contributed by atoms with E-state index in [2.05, 4.69) is 5.10 Å². The largest absolute Gasteiger partial charge is 0.455 e. The first-order valence-corrected chi connectivity index (χ1v) is 10.3. The lowest BCUT2D eigenvalue weighted by molar-refractivity contribution is -0.185. The first-order chi connectivity index (χ1) is 14.4. The van der Waals surface area contributed by atoms with Gasteiger partial charge in [0.15, 0.2) is 0 Å². The van der Waals surface area contributed by atoms with Crippen molar-refractivity contribution in [2.24, 2.45) is 0 Å². The summed E-state index contributed by atoms with van der Waals surface area (Å²) in [6, 6.07) is 8.09. The van der Waals surface area contributed by atoms with E-state index in [-0.39, 0.29) is 17.1 Å². The van der Waals surface area contributed by atoms with Crippen LogP contribution in [0.25, 0.3) is 10.9 Å². The Morgan fingerprint density at radius 2 is 1.81 bits per heavy atom. The number of ether oxygens (including phenoxy) is 1. The Bertz CT molecular complexity index is 1070. The standard InChI is InChI=1S/C21H20ClF3N2O2.C2H6/c1-12-14-9-8-13(21(24,25)19(28)29-20(2,3)4)10-18(14)27(26-12)11-15-16(22)6-5-7-17(15)23;1-2/h5-10H,11H2,1-4H3;1-2H3. The zero-order valence-electron chi connectivity index (χ0n) is 18.4. The highest BCUT2D eigenvalue weighted by Gasteiger charge is 2.44. The second-order valence-corrected chi connectivity index (χ2v) is 8.16. The van der Waals surface area contributed by atoms with Crippen LogP contribution in [-0.2, 0) is 22.0 Å². The zero-order chi connectivity index (χ0) is 23.6. The molecule has 0 radical (unpaired) electrons. The number of esters is 1. The van der Waals surface area contributed by atoms with Gasteiger partial charge in [-0.3, -0.25) is 4.68 Å². The van der Waals surface area contributed by atoms with Crippen LogP contribution in [-0.4, -0.2) is 21.4 Å². The van der Waals surface area contributed by atoms with Crippen molar-refractivity contribution < 1.29 is 22.7 Å². The smallest absolute Gasteiger partial charge is 0.382 e. The monoisotopic (exact) mass is 454 g/mol. The number of alkyl halides is 2. The first-order valence-electron chi connectivity index (χ1n) is 9.92. The van der Waals surface area contributed by atoms with Gasteiger partial charge in [0, 0.05) is 21.5 Å². The number of hydrogen-bond donors (Lipinski definition) is 0. The van der Waals surface area contributed by atoms with Gasteiger partial charge in [0.2, 0.25) is 0 Å². The van der Waals surface area contributed by atoms with Gasteiger partial charge in [-0.2, -0.15) is 13.9 Å². The van der Waals surface area contributed by atoms with E-state index in [0.29, 0.717) is 16.6 Å². The minimum absolute atomic E-state index is 0.0443. The third-order valence-corrected chi connectivity index (χ3v) is 4.68. The summed E-state index contributed by atoms with van der Waals surface area (Å²) in [6.07, 6.45) is 0. The van der Waals surface area contributed by atoms with Gasteiger partial charge in [0.05, 0.1) is 17.8 Å². The van der Waals surface area contributed by atoms with Gasteiger partial charge in [0.25, 0.3) is 0 Å². The Balaban J connectivity index is 0.00000166. The molecular formula is C23H26ClF3N2O2. The van der Waals surface area contributed by atoms with Crippen LogP contribution in [0.15, 0.2) is 36.4 Å². The molecule has 1 aromatic heterocycles. The van der Waals surface area contributed by atoms with E-state index in [1.54, 1.807) is 13.0 Å². The Hall–Kier alpha value is -2.54. The van der Waals surface area contributed by atoms with Crippen LogP contribution < -0.4 is 0 Å². The number of aryl methyl sites for hydroxylation is 1. The molecule has 0 fully saturated rings. The number of carbonyl (C=O) groups excluding carboxylic acids is 1. The molecule has 0 atom stereocenters. The molecule has 0 saturated heterocycles. The van der Waals surface area contributed by atoms with Gasteiger partial charge in [-0.05, 0) is 45.9 Å². The summed E-state index contributed by atoms with van der Waals surface area (Å²) in [7, 11) is 0. The van der Waals surface area contributed by atoms with Crippen molar-refractivity contribution >= 4 is 28.5 Å². The molecule has 168 valence electrons. The minimum Gasteiger partial charge on any atom is -0.455 e. The van der Waals surface area contributed by atoms with Crippen molar-refractivity contribution in [3.05, 3.63) is 64.1 Å². The topological polar surface area (TPSA) is 44.1 Å². The summed E-state index contributed by atoms with van der Waals surface area (Å²) in [5, 5.41) is 5.15. The van der Waals surface area contributed by atoms with Crippen LogP contribution in [0.4, 0.5) is 13.2 Å². The molecule has 3 rings (SSSR count). The van der Waals surface area contributed by atoms with Gasteiger partial charge in [0.1, 0.15) is 11.4 Å². The Morgan fingerprint density at radius 1 is 1.16 bits per heavy atom. The van der Waals surface area contributed by atoms with Gasteiger partial charge < -0.3 is 4.74 Å². The third kappa shape index (κ3) is 5.39. The van der Waals surface area contributed by atoms with Gasteiger partial charge in [-0.1, -0.05) is 43.6 Å². The summed E-state index contributed by atoms with van der Waals surface area (Å²) in [5.41, 5.74) is -0.463. The van der Waals surface area contributed by atoms with Crippen LogP contribution in [0.3, 0.4) is 0 Å². The van der Waals surface area contributed by atoms with E-state index in [1.165, 1.54) is 55.8 Å². The molecule has 8 heteroatoms. The maximum atomic E-state index is 14.7. The number of nitrogens with zero attached hydrogens (tertiary/aromatic N) is 2. The van der Waals surface area contributed by atoms with E-state index in [4.69, 9.17) is 16.3 Å². The predicted molar refractivity (Wildman–Crippen MR) is 116 cm³/mol. The average molecular weight is 455 g/mol. The number of carbonyl (C=O) groups is 1. The predicted octanol–water partition coefficient (Wildman–Crippen LogP) is 6.65. The normalized spacial score (nSPS) is 11.8. The quantitative estimate of drug-likeness (QED) is 0.415. The lowest BCUT2D eigenvalue weighted by atomic mass is 10.1. The lowest BCUT2D eigenvalue weighted by Crippen LogP contribution is -2.34. The van der Waals surface area contributed by atoms with E-state index < -0.39 is 28.9 Å². The summed E-state index contributed by atoms with van der Waals surface area (Å²) < 4.78 is 49.8. The van der Waals surface area contributed by atoms with Crippen LogP contribution in [0.2, 0.25) is 5.02 Å². The van der Waals surface area contributed by atoms with Crippen LogP contribution in [0, 0.1) is 12.7 Å². The number of aromatic nitrogens is 2. The molecule has 0 spiro atoms. The Morgan fingerprint density at radius 3 is 2.39 bits per heavy atom. The fourth-order valence-electron chi connectivity index (χ4n) is 2.95. The highest BCUT2D eigenvalue weighted by Crippen LogP contribution is 2.34. The molecule has 0 amide bonds. The second-order valence-electron chi connectivity index (χ2n) is 7.75. The van der Waals surface area contributed by atoms with E-state index in [9.17, 15) is 18.0 Å². The van der Waals surface area contributed by atoms with Crippen molar-refractivity contribution in [2.45, 2.75) is 59.6 Å². The summed E-state index contributed by atoms with van der Waals surface area (Å²) in [6.45, 7) is 10.2. The maximum absolute atomic E-state index is 14.7. The van der Waals surface area contributed by atoms with Gasteiger partial charge >= 0.3 is 11.9 Å². The van der Waals surface area contributed by atoms with E-state index >= 15 is 0 Å². The van der Waals surface area contributed by atoms with E-state index in [1.807, 2.05) is 13.8 Å². The lowest BCUT2D eigenvalue weighted by Gasteiger charge is -2.23. The fourth-order valence-corrected chi connectivity index (χ4v) is 3.17. The van der Waals surface area contributed by atoms with Crippen LogP contribution in [0.5, 0.6) is 0 Å². The number of benzene rings is 2. The summed E-state index contributed by atoms with van der Waals surface area (Å²) in [4.78, 5) is 12.0. The molecule has 0 unspecified atom stereocenters. The fraction of sp³-hybridized carbons (Fsp3) is 0.391. The number of hydrogen-bond acceptors (Lipinski definition) is 3. The molecule has 0 N–H and O–H groups in total. The molecule has 1 heterocycles. The first kappa shape index (κ1) is 24.7. The van der Waals surface area contributed by atoms with Gasteiger partial charge in [-0.25, -0.2) is 9.18 Å². The van der Waals surface area contributed by atoms with E-state index in [0.717, 1.165) is 0 Å². The Kier molecular flexibility index (Phi) is 7.42. The van der Waals surface area contributed by atoms with Crippen molar-refractivity contribution in [1.82, 2.24) is 9.78 Å². The molecule has 0 aliphatic heterocycles. The molecule has 31 heavy (non-hydrogen) atoms. The maximum Gasteiger partial charge on any atom is 0.382 e. The molecule has 4 nitrogen and oxygen atoms in total. The summed E-state index contributed by atoms with van der Waals surface area (Å²) in [5.74, 6) is -6.00. The number of rotatable bonds is 4. The molecule has 2 aromatic carbocycles. The molecule has 0 bridgehead atoms. The van der Waals surface area contributed by atoms with Crippen molar-refractivity contribution in [1.29, 1.82) is 0 Å². The highest BCUT2D eigenvalue weighted by molar-refractivity contribution is 6.31. The number of fused-ring (bicyclic) bond motifs is 1. The zero-order valence-corrected chi connectivity index (χ0v) is 19.1. The van der Waals surface area contributed by atoms with Crippen molar-refractivity contribution in [3.8, 4) is 0 Å². The van der Waals surface area contributed by atoms with Gasteiger partial charge in [-0.15, -0.1) is 0 Å². The minimum atomic E-state index is -3.85. The summed E-state index contributed by atoms with van der Waals surface area (Å²) >= 11 is 6.08.